The molecule has 0 fully saturated rings. The van der Waals surface area contributed by atoms with Gasteiger partial charge in [0.05, 0.1) is 12.0 Å². The smallest absolute Gasteiger partial charge is 0.255 e. The van der Waals surface area contributed by atoms with Crippen LogP contribution in [-0.2, 0) is 11.2 Å². The second-order valence-corrected chi connectivity index (χ2v) is 8.03. The molecule has 1 aromatic heterocycles. The Morgan fingerprint density at radius 3 is 2.39 bits per heavy atom. The van der Waals surface area contributed by atoms with Crippen molar-refractivity contribution in [3.63, 3.8) is 0 Å². The Bertz CT molecular complexity index is 1110. The van der Waals surface area contributed by atoms with E-state index in [0.29, 0.717) is 12.0 Å². The Balaban J connectivity index is 1.77. The maximum absolute atomic E-state index is 12.4. The van der Waals surface area contributed by atoms with Crippen LogP contribution in [0, 0.1) is 13.8 Å². The average Bonchev–Trinajstić information content (AvgIpc) is 2.70. The van der Waals surface area contributed by atoms with Crippen LogP contribution in [0.1, 0.15) is 40.9 Å². The molecule has 2 amide bonds. The van der Waals surface area contributed by atoms with E-state index in [1.165, 1.54) is 0 Å². The summed E-state index contributed by atoms with van der Waals surface area (Å²) < 4.78 is 0. The third kappa shape index (κ3) is 5.69. The number of nitrogens with one attached hydrogen (secondary N) is 2. The fourth-order valence-corrected chi connectivity index (χ4v) is 3.31. The first-order valence-electron chi connectivity index (χ1n) is 10.3. The van der Waals surface area contributed by atoms with Gasteiger partial charge in [-0.2, -0.15) is 0 Å². The summed E-state index contributed by atoms with van der Waals surface area (Å²) in [5, 5.41) is 5.79. The molecule has 6 heteroatoms. The van der Waals surface area contributed by atoms with Crippen LogP contribution >= 0.6 is 0 Å². The van der Waals surface area contributed by atoms with Crippen LogP contribution in [0.25, 0.3) is 11.1 Å². The predicted molar refractivity (Wildman–Crippen MR) is 125 cm³/mol. The largest absolute Gasteiger partial charge is 0.383 e. The van der Waals surface area contributed by atoms with Crippen LogP contribution in [0.4, 0.5) is 11.5 Å². The lowest BCUT2D eigenvalue weighted by Crippen LogP contribution is -2.30. The van der Waals surface area contributed by atoms with E-state index in [1.54, 1.807) is 12.3 Å². The zero-order valence-electron chi connectivity index (χ0n) is 18.3. The first-order valence-corrected chi connectivity index (χ1v) is 10.3. The number of hydrogen-bond donors (Lipinski definition) is 3. The van der Waals surface area contributed by atoms with Gasteiger partial charge in [0.15, 0.2) is 0 Å². The van der Waals surface area contributed by atoms with Gasteiger partial charge in [-0.05, 0) is 62.6 Å². The molecule has 0 aliphatic rings. The molecule has 3 aromatic rings. The number of hydrogen-bond acceptors (Lipinski definition) is 4. The quantitative estimate of drug-likeness (QED) is 0.559. The van der Waals surface area contributed by atoms with E-state index in [-0.39, 0.29) is 23.7 Å². The summed E-state index contributed by atoms with van der Waals surface area (Å²) in [6.45, 7) is 7.75. The molecule has 31 heavy (non-hydrogen) atoms. The van der Waals surface area contributed by atoms with Gasteiger partial charge in [0.1, 0.15) is 5.82 Å². The number of carbonyl (C=O) groups is 2. The summed E-state index contributed by atoms with van der Waals surface area (Å²) in [7, 11) is 0. The lowest BCUT2D eigenvalue weighted by Gasteiger charge is -2.13. The number of carbonyl (C=O) groups excluding carboxylic acids is 2. The minimum absolute atomic E-state index is 0.0000894. The highest BCUT2D eigenvalue weighted by atomic mass is 16.2. The standard InChI is InChI=1S/C25H28N4O2/c1-15(2)28-25(31)22-13-19(14-27-24(22)26)21-10-9-20(11-17(21)4)29-23(30)12-18-7-5-16(3)6-8-18/h5-11,13-15H,12H2,1-4H3,(H2,26,27)(H,28,31)(H,29,30). The number of benzene rings is 2. The van der Waals surface area contributed by atoms with Crippen LogP contribution in [0.5, 0.6) is 0 Å². The first-order chi connectivity index (χ1) is 14.7. The molecule has 0 saturated heterocycles. The highest BCUT2D eigenvalue weighted by Gasteiger charge is 2.15. The van der Waals surface area contributed by atoms with Crippen molar-refractivity contribution in [3.05, 3.63) is 77.0 Å². The predicted octanol–water partition coefficient (Wildman–Crippen LogP) is 4.27. The van der Waals surface area contributed by atoms with Gasteiger partial charge in [0.25, 0.3) is 5.91 Å². The number of nitrogens with zero attached hydrogens (tertiary/aromatic N) is 1. The van der Waals surface area contributed by atoms with Crippen molar-refractivity contribution in [3.8, 4) is 11.1 Å². The topological polar surface area (TPSA) is 97.1 Å². The minimum Gasteiger partial charge on any atom is -0.383 e. The third-order valence-corrected chi connectivity index (χ3v) is 4.89. The highest BCUT2D eigenvalue weighted by Crippen LogP contribution is 2.27. The maximum Gasteiger partial charge on any atom is 0.255 e. The van der Waals surface area contributed by atoms with Crippen molar-refractivity contribution in [2.75, 3.05) is 11.1 Å². The van der Waals surface area contributed by atoms with Crippen LogP contribution < -0.4 is 16.4 Å². The second kappa shape index (κ2) is 9.43. The van der Waals surface area contributed by atoms with E-state index >= 15 is 0 Å². The Hall–Kier alpha value is -3.67. The molecule has 0 aliphatic heterocycles. The zero-order chi connectivity index (χ0) is 22.5. The Morgan fingerprint density at radius 2 is 1.74 bits per heavy atom. The van der Waals surface area contributed by atoms with Gasteiger partial charge in [0, 0.05) is 23.5 Å². The molecule has 160 valence electrons. The third-order valence-electron chi connectivity index (χ3n) is 4.89. The Labute approximate surface area is 182 Å². The molecular formula is C25H28N4O2. The number of nitrogens with two attached hydrogens (primary N) is 1. The summed E-state index contributed by atoms with van der Waals surface area (Å²) in [4.78, 5) is 29.0. The number of aromatic nitrogens is 1. The maximum atomic E-state index is 12.4. The van der Waals surface area contributed by atoms with Gasteiger partial charge in [0.2, 0.25) is 5.91 Å². The molecule has 0 aliphatic carbocycles. The van der Waals surface area contributed by atoms with Crippen LogP contribution in [0.2, 0.25) is 0 Å². The number of rotatable bonds is 6. The zero-order valence-corrected chi connectivity index (χ0v) is 18.3. The fourth-order valence-electron chi connectivity index (χ4n) is 3.31. The van der Waals surface area contributed by atoms with Gasteiger partial charge < -0.3 is 16.4 Å². The summed E-state index contributed by atoms with van der Waals surface area (Å²) in [5.74, 6) is -0.128. The lowest BCUT2D eigenvalue weighted by atomic mass is 9.99. The normalized spacial score (nSPS) is 10.7. The van der Waals surface area contributed by atoms with E-state index in [4.69, 9.17) is 5.73 Å². The molecule has 2 aromatic carbocycles. The second-order valence-electron chi connectivity index (χ2n) is 8.03. The van der Waals surface area contributed by atoms with E-state index in [9.17, 15) is 9.59 Å². The van der Waals surface area contributed by atoms with Gasteiger partial charge >= 0.3 is 0 Å². The SMILES string of the molecule is Cc1ccc(CC(=O)Nc2ccc(-c3cnc(N)c(C(=O)NC(C)C)c3)c(C)c2)cc1. The molecule has 4 N–H and O–H groups in total. The van der Waals surface area contributed by atoms with Crippen molar-refractivity contribution in [1.29, 1.82) is 0 Å². The molecule has 6 nitrogen and oxygen atoms in total. The molecular weight excluding hydrogens is 388 g/mol. The van der Waals surface area contributed by atoms with E-state index in [1.807, 2.05) is 70.2 Å². The van der Waals surface area contributed by atoms with Crippen molar-refractivity contribution in [1.82, 2.24) is 10.3 Å². The van der Waals surface area contributed by atoms with E-state index in [0.717, 1.165) is 33.5 Å². The first kappa shape index (κ1) is 22.0. The van der Waals surface area contributed by atoms with Gasteiger partial charge in [-0.15, -0.1) is 0 Å². The van der Waals surface area contributed by atoms with E-state index in [2.05, 4.69) is 15.6 Å². The molecule has 1 heterocycles. The molecule has 0 radical (unpaired) electrons. The van der Waals surface area contributed by atoms with Crippen LogP contribution in [-0.4, -0.2) is 22.8 Å². The van der Waals surface area contributed by atoms with Crippen molar-refractivity contribution >= 4 is 23.3 Å². The number of amides is 2. The van der Waals surface area contributed by atoms with Gasteiger partial charge in [-0.1, -0.05) is 35.9 Å². The lowest BCUT2D eigenvalue weighted by molar-refractivity contribution is -0.115. The monoisotopic (exact) mass is 416 g/mol. The summed E-state index contributed by atoms with van der Waals surface area (Å²) in [6.07, 6.45) is 1.97. The number of anilines is 2. The van der Waals surface area contributed by atoms with E-state index < -0.39 is 0 Å². The van der Waals surface area contributed by atoms with Gasteiger partial charge in [-0.3, -0.25) is 9.59 Å². The Morgan fingerprint density at radius 1 is 1.03 bits per heavy atom. The summed E-state index contributed by atoms with van der Waals surface area (Å²) in [5.41, 5.74) is 11.8. The fraction of sp³-hybridized carbons (Fsp3) is 0.240. The number of aryl methyl sites for hydroxylation is 2. The average molecular weight is 417 g/mol. The van der Waals surface area contributed by atoms with Crippen molar-refractivity contribution < 1.29 is 9.59 Å². The highest BCUT2D eigenvalue weighted by molar-refractivity contribution is 5.99. The van der Waals surface area contributed by atoms with Crippen molar-refractivity contribution in [2.24, 2.45) is 0 Å². The molecule has 0 atom stereocenters. The van der Waals surface area contributed by atoms with Gasteiger partial charge in [-0.25, -0.2) is 4.98 Å². The summed E-state index contributed by atoms with van der Waals surface area (Å²) in [6, 6.07) is 15.3. The number of pyridine rings is 1. The Kier molecular flexibility index (Phi) is 6.70. The molecule has 0 spiro atoms. The molecule has 3 rings (SSSR count). The number of nitrogen functional groups attached to an aromatic ring is 1. The molecule has 0 unspecified atom stereocenters. The van der Waals surface area contributed by atoms with Crippen molar-refractivity contribution in [2.45, 2.75) is 40.2 Å². The summed E-state index contributed by atoms with van der Waals surface area (Å²) >= 11 is 0. The van der Waals surface area contributed by atoms with Crippen LogP contribution in [0.15, 0.2) is 54.7 Å². The molecule has 0 bridgehead atoms. The molecule has 0 saturated carbocycles. The van der Waals surface area contributed by atoms with Crippen LogP contribution in [0.3, 0.4) is 0 Å². The minimum atomic E-state index is -0.250.